The van der Waals surface area contributed by atoms with E-state index >= 15 is 0 Å². The van der Waals surface area contributed by atoms with Crippen LogP contribution in [0.4, 0.5) is 0 Å². The van der Waals surface area contributed by atoms with E-state index in [-0.39, 0.29) is 11.2 Å². The molecule has 3 rings (SSSR count). The van der Waals surface area contributed by atoms with Crippen LogP contribution in [0.1, 0.15) is 29.8 Å². The van der Waals surface area contributed by atoms with Crippen LogP contribution in [0.25, 0.3) is 11.1 Å². The summed E-state index contributed by atoms with van der Waals surface area (Å²) in [6.45, 7) is 1.94. The fraction of sp³-hybridized carbons (Fsp3) is 0.312. The van der Waals surface area contributed by atoms with Crippen LogP contribution in [0, 0.1) is 6.92 Å². The number of aromatic hydroxyl groups is 1. The van der Waals surface area contributed by atoms with Crippen LogP contribution in [0.3, 0.4) is 0 Å². The lowest BCUT2D eigenvalue weighted by atomic mass is 9.91. The largest absolute Gasteiger partial charge is 0.508 e. The normalized spacial score (nSPS) is 14.2. The van der Waals surface area contributed by atoms with Crippen molar-refractivity contribution in [3.63, 3.8) is 0 Å². The second-order valence-corrected chi connectivity index (χ2v) is 5.17. The molecular formula is C16H17NO2. The first-order chi connectivity index (χ1) is 9.16. The highest BCUT2D eigenvalue weighted by atomic mass is 16.3. The Morgan fingerprint density at radius 1 is 1.11 bits per heavy atom. The van der Waals surface area contributed by atoms with Gasteiger partial charge in [0.25, 0.3) is 0 Å². The summed E-state index contributed by atoms with van der Waals surface area (Å²) in [6.07, 6.45) is 4.09. The lowest BCUT2D eigenvalue weighted by molar-refractivity contribution is 0.475. The highest BCUT2D eigenvalue weighted by Gasteiger charge is 2.18. The molecule has 1 heterocycles. The fourth-order valence-corrected chi connectivity index (χ4v) is 2.88. The van der Waals surface area contributed by atoms with Gasteiger partial charge in [0, 0.05) is 22.5 Å². The van der Waals surface area contributed by atoms with Gasteiger partial charge in [-0.2, -0.15) is 0 Å². The molecule has 1 aromatic heterocycles. The lowest BCUT2D eigenvalue weighted by Crippen LogP contribution is -2.21. The number of hydrogen-bond acceptors (Lipinski definition) is 2. The van der Waals surface area contributed by atoms with Crippen molar-refractivity contribution in [1.82, 2.24) is 4.98 Å². The maximum absolute atomic E-state index is 12.6. The Morgan fingerprint density at radius 2 is 1.79 bits per heavy atom. The third-order valence-corrected chi connectivity index (χ3v) is 3.84. The van der Waals surface area contributed by atoms with Gasteiger partial charge in [0.05, 0.1) is 0 Å². The minimum absolute atomic E-state index is 0.150. The molecule has 0 bridgehead atoms. The number of hydrogen-bond donors (Lipinski definition) is 2. The molecule has 3 nitrogen and oxygen atoms in total. The number of aryl methyl sites for hydroxylation is 2. The zero-order valence-corrected chi connectivity index (χ0v) is 11.0. The first-order valence-electron chi connectivity index (χ1n) is 6.71. The van der Waals surface area contributed by atoms with Crippen molar-refractivity contribution in [1.29, 1.82) is 0 Å². The predicted molar refractivity (Wildman–Crippen MR) is 75.5 cm³/mol. The zero-order valence-electron chi connectivity index (χ0n) is 11.0. The van der Waals surface area contributed by atoms with E-state index in [1.54, 1.807) is 24.3 Å². The molecule has 2 N–H and O–H groups in total. The molecule has 0 aliphatic heterocycles. The number of phenols is 1. The number of aromatic amines is 1. The van der Waals surface area contributed by atoms with Crippen LogP contribution < -0.4 is 5.43 Å². The topological polar surface area (TPSA) is 53.1 Å². The maximum Gasteiger partial charge on any atom is 0.193 e. The molecule has 0 spiro atoms. The van der Waals surface area contributed by atoms with Gasteiger partial charge >= 0.3 is 0 Å². The average molecular weight is 255 g/mol. The van der Waals surface area contributed by atoms with Crippen LogP contribution in [-0.4, -0.2) is 10.1 Å². The van der Waals surface area contributed by atoms with Gasteiger partial charge in [-0.1, -0.05) is 12.1 Å². The van der Waals surface area contributed by atoms with Gasteiger partial charge < -0.3 is 10.1 Å². The van der Waals surface area contributed by atoms with Crippen molar-refractivity contribution in [3.8, 4) is 16.9 Å². The Balaban J connectivity index is 2.21. The Hall–Kier alpha value is -2.03. The second kappa shape index (κ2) is 4.57. The molecule has 0 saturated heterocycles. The Morgan fingerprint density at radius 3 is 2.53 bits per heavy atom. The molecule has 0 unspecified atom stereocenters. The molecule has 98 valence electrons. The molecule has 1 aromatic carbocycles. The monoisotopic (exact) mass is 255 g/mol. The van der Waals surface area contributed by atoms with Crippen LogP contribution in [0.15, 0.2) is 29.1 Å². The Labute approximate surface area is 111 Å². The molecule has 19 heavy (non-hydrogen) atoms. The number of pyridine rings is 1. The molecular weight excluding hydrogens is 238 g/mol. The SMILES string of the molecule is Cc1[nH]c2c(c(=O)c1-c1ccc(O)cc1)CCCC2. The predicted octanol–water partition coefficient (Wildman–Crippen LogP) is 2.93. The van der Waals surface area contributed by atoms with E-state index in [0.717, 1.165) is 53.8 Å². The van der Waals surface area contributed by atoms with Crippen LogP contribution in [0.2, 0.25) is 0 Å². The molecule has 0 fully saturated rings. The standard InChI is InChI=1S/C16H17NO2/c1-10-15(11-6-8-12(18)9-7-11)16(19)13-4-2-3-5-14(13)17-10/h6-9,18H,2-5H2,1H3,(H,17,19). The van der Waals surface area contributed by atoms with Crippen LogP contribution in [0.5, 0.6) is 5.75 Å². The summed E-state index contributed by atoms with van der Waals surface area (Å²) in [4.78, 5) is 16.0. The van der Waals surface area contributed by atoms with Crippen molar-refractivity contribution >= 4 is 0 Å². The molecule has 1 aliphatic carbocycles. The van der Waals surface area contributed by atoms with Gasteiger partial charge in [0.2, 0.25) is 0 Å². The average Bonchev–Trinajstić information content (AvgIpc) is 2.41. The summed E-state index contributed by atoms with van der Waals surface area (Å²) in [7, 11) is 0. The number of H-pyrrole nitrogens is 1. The first-order valence-corrected chi connectivity index (χ1v) is 6.71. The van der Waals surface area contributed by atoms with Crippen LogP contribution in [-0.2, 0) is 12.8 Å². The van der Waals surface area contributed by atoms with Gasteiger partial charge in [-0.3, -0.25) is 4.79 Å². The third-order valence-electron chi connectivity index (χ3n) is 3.84. The summed E-state index contributed by atoms with van der Waals surface area (Å²) in [6, 6.07) is 6.82. The van der Waals surface area contributed by atoms with E-state index < -0.39 is 0 Å². The number of benzene rings is 1. The molecule has 0 atom stereocenters. The van der Waals surface area contributed by atoms with Crippen molar-refractivity contribution in [3.05, 3.63) is 51.4 Å². The molecule has 1 aliphatic rings. The van der Waals surface area contributed by atoms with Gasteiger partial charge in [-0.15, -0.1) is 0 Å². The van der Waals surface area contributed by atoms with Crippen molar-refractivity contribution < 1.29 is 5.11 Å². The Kier molecular flexibility index (Phi) is 2.90. The van der Waals surface area contributed by atoms with Crippen molar-refractivity contribution in [2.24, 2.45) is 0 Å². The number of phenolic OH excluding ortho intramolecular Hbond substituents is 1. The van der Waals surface area contributed by atoms with Gasteiger partial charge in [-0.25, -0.2) is 0 Å². The number of nitrogens with one attached hydrogen (secondary N) is 1. The molecule has 3 heteroatoms. The summed E-state index contributed by atoms with van der Waals surface area (Å²) < 4.78 is 0. The van der Waals surface area contributed by atoms with Gasteiger partial charge in [0.1, 0.15) is 5.75 Å². The summed E-state index contributed by atoms with van der Waals surface area (Å²) in [5.41, 5.74) is 4.72. The van der Waals surface area contributed by atoms with Gasteiger partial charge in [0.15, 0.2) is 5.43 Å². The quantitative estimate of drug-likeness (QED) is 0.823. The minimum Gasteiger partial charge on any atom is -0.508 e. The highest BCUT2D eigenvalue weighted by molar-refractivity contribution is 5.67. The zero-order chi connectivity index (χ0) is 13.4. The smallest absolute Gasteiger partial charge is 0.193 e. The number of rotatable bonds is 1. The Bertz CT molecular complexity index is 668. The van der Waals surface area contributed by atoms with E-state index in [4.69, 9.17) is 0 Å². The molecule has 2 aromatic rings. The van der Waals surface area contributed by atoms with E-state index in [9.17, 15) is 9.90 Å². The maximum atomic E-state index is 12.6. The number of fused-ring (bicyclic) bond motifs is 1. The van der Waals surface area contributed by atoms with E-state index in [0.29, 0.717) is 0 Å². The first kappa shape index (κ1) is 12.0. The minimum atomic E-state index is 0.150. The lowest BCUT2D eigenvalue weighted by Gasteiger charge is -2.18. The fourth-order valence-electron chi connectivity index (χ4n) is 2.88. The van der Waals surface area contributed by atoms with Crippen LogP contribution >= 0.6 is 0 Å². The second-order valence-electron chi connectivity index (χ2n) is 5.17. The van der Waals surface area contributed by atoms with E-state index in [1.807, 2.05) is 6.92 Å². The van der Waals surface area contributed by atoms with Crippen molar-refractivity contribution in [2.75, 3.05) is 0 Å². The third kappa shape index (κ3) is 2.05. The molecule has 0 amide bonds. The van der Waals surface area contributed by atoms with E-state index in [1.165, 1.54) is 0 Å². The van der Waals surface area contributed by atoms with E-state index in [2.05, 4.69) is 4.98 Å². The highest BCUT2D eigenvalue weighted by Crippen LogP contribution is 2.25. The summed E-state index contributed by atoms with van der Waals surface area (Å²) in [5, 5.41) is 9.35. The summed E-state index contributed by atoms with van der Waals surface area (Å²) in [5.74, 6) is 0.218. The van der Waals surface area contributed by atoms with Gasteiger partial charge in [-0.05, 0) is 50.3 Å². The van der Waals surface area contributed by atoms with Crippen molar-refractivity contribution in [2.45, 2.75) is 32.6 Å². The molecule has 0 radical (unpaired) electrons. The molecule has 0 saturated carbocycles. The summed E-state index contributed by atoms with van der Waals surface area (Å²) >= 11 is 0. The number of aromatic nitrogens is 1.